The fraction of sp³-hybridized carbons (Fsp3) is 0.389. The van der Waals surface area contributed by atoms with Gasteiger partial charge in [-0.1, -0.05) is 0 Å². The second kappa shape index (κ2) is 8.35. The molecule has 1 aromatic carbocycles. The van der Waals surface area contributed by atoms with Crippen molar-refractivity contribution >= 4 is 21.8 Å². The Kier molecular flexibility index (Phi) is 5.92. The van der Waals surface area contributed by atoms with E-state index in [1.807, 2.05) is 12.1 Å². The second-order valence-electron chi connectivity index (χ2n) is 5.88. The summed E-state index contributed by atoms with van der Waals surface area (Å²) < 4.78 is 16.9. The summed E-state index contributed by atoms with van der Waals surface area (Å²) in [5.74, 6) is 1.38. The van der Waals surface area contributed by atoms with Crippen LogP contribution in [0.4, 0.5) is 0 Å². The number of methoxy groups -OCH3 is 2. The largest absolute Gasteiger partial charge is 0.497 e. The van der Waals surface area contributed by atoms with Crippen LogP contribution in [-0.4, -0.2) is 54.2 Å². The molecule has 0 aliphatic carbocycles. The van der Waals surface area contributed by atoms with Crippen LogP contribution >= 0.6 is 15.9 Å². The summed E-state index contributed by atoms with van der Waals surface area (Å²) in [7, 11) is 3.11. The maximum Gasteiger partial charge on any atom is 0.255 e. The van der Waals surface area contributed by atoms with Crippen LogP contribution in [0.25, 0.3) is 0 Å². The number of benzene rings is 1. The van der Waals surface area contributed by atoms with E-state index in [0.29, 0.717) is 36.2 Å². The Morgan fingerprint density at radius 1 is 1.23 bits per heavy atom. The van der Waals surface area contributed by atoms with Gasteiger partial charge in [0.1, 0.15) is 11.9 Å². The number of nitrogens with zero attached hydrogens (tertiary/aromatic N) is 3. The molecule has 1 atom stereocenters. The third-order valence-electron chi connectivity index (χ3n) is 4.16. The average molecular weight is 422 g/mol. The number of likely N-dealkylation sites (tertiary alicyclic amines) is 1. The molecule has 0 N–H and O–H groups in total. The van der Waals surface area contributed by atoms with E-state index in [1.165, 1.54) is 13.3 Å². The smallest absolute Gasteiger partial charge is 0.255 e. The van der Waals surface area contributed by atoms with E-state index in [9.17, 15) is 4.79 Å². The highest BCUT2D eigenvalue weighted by molar-refractivity contribution is 9.10. The molecule has 1 amide bonds. The van der Waals surface area contributed by atoms with Gasteiger partial charge < -0.3 is 19.1 Å². The minimum absolute atomic E-state index is 0.0548. The van der Waals surface area contributed by atoms with Crippen molar-refractivity contribution < 1.29 is 19.0 Å². The number of ether oxygens (including phenoxy) is 3. The first-order chi connectivity index (χ1) is 12.6. The van der Waals surface area contributed by atoms with Crippen molar-refractivity contribution in [3.8, 4) is 17.5 Å². The van der Waals surface area contributed by atoms with Crippen molar-refractivity contribution in [1.82, 2.24) is 14.9 Å². The first kappa shape index (κ1) is 18.4. The summed E-state index contributed by atoms with van der Waals surface area (Å²) in [5.41, 5.74) is 0.575. The van der Waals surface area contributed by atoms with Crippen LogP contribution in [0.3, 0.4) is 0 Å². The maximum atomic E-state index is 12.9. The summed E-state index contributed by atoms with van der Waals surface area (Å²) >= 11 is 3.45. The summed E-state index contributed by atoms with van der Waals surface area (Å²) in [6, 6.07) is 5.37. The van der Waals surface area contributed by atoms with Crippen LogP contribution in [0.2, 0.25) is 0 Å². The third kappa shape index (κ3) is 4.24. The lowest BCUT2D eigenvalue weighted by atomic mass is 10.1. The van der Waals surface area contributed by atoms with Gasteiger partial charge in [0, 0.05) is 11.0 Å². The molecule has 2 aromatic rings. The van der Waals surface area contributed by atoms with Gasteiger partial charge in [0.05, 0.1) is 38.7 Å². The number of halogens is 1. The van der Waals surface area contributed by atoms with Crippen LogP contribution in [0.15, 0.2) is 35.1 Å². The zero-order chi connectivity index (χ0) is 18.5. The lowest BCUT2D eigenvalue weighted by Gasteiger charge is -2.32. The number of piperidine rings is 1. The van der Waals surface area contributed by atoms with Gasteiger partial charge in [-0.15, -0.1) is 0 Å². The Hall–Kier alpha value is -2.35. The Balaban J connectivity index is 1.70. The van der Waals surface area contributed by atoms with Gasteiger partial charge in [-0.2, -0.15) is 4.98 Å². The van der Waals surface area contributed by atoms with Crippen molar-refractivity contribution in [3.05, 3.63) is 40.6 Å². The third-order valence-corrected chi connectivity index (χ3v) is 4.85. The van der Waals surface area contributed by atoms with E-state index in [2.05, 4.69) is 25.9 Å². The predicted octanol–water partition coefficient (Wildman–Crippen LogP) is 2.94. The molecule has 1 aliphatic heterocycles. The lowest BCUT2D eigenvalue weighted by Crippen LogP contribution is -2.44. The standard InChI is InChI=1S/C18H20BrN3O4/c1-24-12-5-6-15(19)14(8-12)18(23)22-7-3-4-13(11-22)26-17-10-20-9-16(21-17)25-2/h5-6,8-10,13H,3-4,7,11H2,1-2H3. The number of hydrogen-bond donors (Lipinski definition) is 0. The van der Waals surface area contributed by atoms with Gasteiger partial charge in [0.25, 0.3) is 5.91 Å². The van der Waals surface area contributed by atoms with Crippen LogP contribution in [0.5, 0.6) is 17.5 Å². The van der Waals surface area contributed by atoms with Gasteiger partial charge in [0.2, 0.25) is 11.8 Å². The topological polar surface area (TPSA) is 73.8 Å². The van der Waals surface area contributed by atoms with Crippen LogP contribution in [-0.2, 0) is 0 Å². The maximum absolute atomic E-state index is 12.9. The normalized spacial score (nSPS) is 16.9. The van der Waals surface area contributed by atoms with E-state index in [4.69, 9.17) is 14.2 Å². The monoisotopic (exact) mass is 421 g/mol. The van der Waals surface area contributed by atoms with Crippen molar-refractivity contribution in [1.29, 1.82) is 0 Å². The number of rotatable bonds is 5. The van der Waals surface area contributed by atoms with Gasteiger partial charge in [0.15, 0.2) is 0 Å². The number of amides is 1. The molecule has 1 saturated heterocycles. The SMILES string of the molecule is COc1ccc(Br)c(C(=O)N2CCCC(Oc3cncc(OC)n3)C2)c1. The minimum atomic E-state index is -0.140. The molecular formula is C18H20BrN3O4. The first-order valence-corrected chi connectivity index (χ1v) is 9.05. The van der Waals surface area contributed by atoms with Gasteiger partial charge >= 0.3 is 0 Å². The minimum Gasteiger partial charge on any atom is -0.497 e. The van der Waals surface area contributed by atoms with E-state index >= 15 is 0 Å². The molecule has 0 bridgehead atoms. The summed E-state index contributed by atoms with van der Waals surface area (Å²) in [6.07, 6.45) is 4.63. The Bertz CT molecular complexity index is 787. The quantitative estimate of drug-likeness (QED) is 0.738. The molecule has 0 radical (unpaired) electrons. The first-order valence-electron chi connectivity index (χ1n) is 8.26. The Labute approximate surface area is 160 Å². The summed E-state index contributed by atoms with van der Waals surface area (Å²) in [6.45, 7) is 1.17. The van der Waals surface area contributed by atoms with E-state index in [1.54, 1.807) is 24.3 Å². The van der Waals surface area contributed by atoms with Gasteiger partial charge in [-0.05, 0) is 47.0 Å². The molecule has 3 rings (SSSR count). The predicted molar refractivity (Wildman–Crippen MR) is 98.8 cm³/mol. The van der Waals surface area contributed by atoms with E-state index in [-0.39, 0.29) is 12.0 Å². The van der Waals surface area contributed by atoms with Crippen LogP contribution < -0.4 is 14.2 Å². The van der Waals surface area contributed by atoms with Gasteiger partial charge in [-0.25, -0.2) is 0 Å². The highest BCUT2D eigenvalue weighted by Gasteiger charge is 2.27. The van der Waals surface area contributed by atoms with Crippen molar-refractivity contribution in [3.63, 3.8) is 0 Å². The second-order valence-corrected chi connectivity index (χ2v) is 6.73. The highest BCUT2D eigenvalue weighted by atomic mass is 79.9. The zero-order valence-corrected chi connectivity index (χ0v) is 16.2. The lowest BCUT2D eigenvalue weighted by molar-refractivity contribution is 0.0524. The van der Waals surface area contributed by atoms with E-state index in [0.717, 1.165) is 17.3 Å². The molecule has 1 fully saturated rings. The molecule has 138 valence electrons. The molecule has 2 heterocycles. The molecule has 1 aromatic heterocycles. The summed E-state index contributed by atoms with van der Waals surface area (Å²) in [4.78, 5) is 23.0. The number of carbonyl (C=O) groups is 1. The molecule has 7 nitrogen and oxygen atoms in total. The molecule has 8 heteroatoms. The molecule has 1 aliphatic rings. The van der Waals surface area contributed by atoms with E-state index < -0.39 is 0 Å². The van der Waals surface area contributed by atoms with Crippen molar-refractivity contribution in [2.24, 2.45) is 0 Å². The Morgan fingerprint density at radius 2 is 2.04 bits per heavy atom. The fourth-order valence-electron chi connectivity index (χ4n) is 2.84. The van der Waals surface area contributed by atoms with Crippen molar-refractivity contribution in [2.45, 2.75) is 18.9 Å². The molecule has 0 saturated carbocycles. The summed E-state index contributed by atoms with van der Waals surface area (Å²) in [5, 5.41) is 0. The molecule has 26 heavy (non-hydrogen) atoms. The number of carbonyl (C=O) groups excluding carboxylic acids is 1. The van der Waals surface area contributed by atoms with Crippen molar-refractivity contribution in [2.75, 3.05) is 27.3 Å². The fourth-order valence-corrected chi connectivity index (χ4v) is 3.26. The highest BCUT2D eigenvalue weighted by Crippen LogP contribution is 2.26. The van der Waals surface area contributed by atoms with Gasteiger partial charge in [-0.3, -0.25) is 9.78 Å². The average Bonchev–Trinajstić information content (AvgIpc) is 2.68. The zero-order valence-electron chi connectivity index (χ0n) is 14.6. The Morgan fingerprint density at radius 3 is 2.81 bits per heavy atom. The molecule has 1 unspecified atom stereocenters. The van der Waals surface area contributed by atoms with Crippen LogP contribution in [0.1, 0.15) is 23.2 Å². The number of aromatic nitrogens is 2. The molecule has 0 spiro atoms. The number of hydrogen-bond acceptors (Lipinski definition) is 6. The molecular weight excluding hydrogens is 402 g/mol. The van der Waals surface area contributed by atoms with Crippen LogP contribution in [0, 0.1) is 0 Å².